The van der Waals surface area contributed by atoms with Crippen LogP contribution in [0.3, 0.4) is 0 Å². The first-order chi connectivity index (χ1) is 7.01. The molecule has 2 atom stereocenters. The van der Waals surface area contributed by atoms with E-state index in [1.807, 2.05) is 0 Å². The Hall–Kier alpha value is -1.62. The molecule has 0 aromatic carbocycles. The van der Waals surface area contributed by atoms with Crippen LogP contribution in [0, 0.1) is 0 Å². The quantitative estimate of drug-likeness (QED) is 0.505. The second-order valence-electron chi connectivity index (χ2n) is 2.75. The van der Waals surface area contributed by atoms with Gasteiger partial charge < -0.3 is 14.6 Å². The highest BCUT2D eigenvalue weighted by Crippen LogP contribution is 2.01. The summed E-state index contributed by atoms with van der Waals surface area (Å²) in [5, 5.41) is 9.21. The molecular formula is C10H14O5. The largest absolute Gasteiger partial charge is 0.458 e. The van der Waals surface area contributed by atoms with E-state index in [9.17, 15) is 14.7 Å². The molecule has 0 aromatic heterocycles. The lowest BCUT2D eigenvalue weighted by Gasteiger charge is -2.18. The van der Waals surface area contributed by atoms with Crippen molar-refractivity contribution in [2.24, 2.45) is 0 Å². The molecule has 0 aromatic rings. The lowest BCUT2D eigenvalue weighted by atomic mass is 10.2. The molecule has 0 saturated carbocycles. The first kappa shape index (κ1) is 13.4. The summed E-state index contributed by atoms with van der Waals surface area (Å²) in [5.41, 5.74) is 0. The van der Waals surface area contributed by atoms with Crippen LogP contribution in [0.2, 0.25) is 0 Å². The van der Waals surface area contributed by atoms with E-state index < -0.39 is 24.1 Å². The van der Waals surface area contributed by atoms with Crippen molar-refractivity contribution in [3.63, 3.8) is 0 Å². The third-order valence-electron chi connectivity index (χ3n) is 1.53. The standard InChI is InChI=1S/C10H14O5/c1-4-9(12)14-6-8(7(3)11)15-10(13)5-2/h4-5,7-8,11H,1-2,6H2,3H3. The van der Waals surface area contributed by atoms with E-state index in [-0.39, 0.29) is 6.61 Å². The van der Waals surface area contributed by atoms with Crippen LogP contribution in [0.1, 0.15) is 6.92 Å². The zero-order valence-corrected chi connectivity index (χ0v) is 8.51. The summed E-state index contributed by atoms with van der Waals surface area (Å²) < 4.78 is 9.37. The van der Waals surface area contributed by atoms with Crippen LogP contribution >= 0.6 is 0 Å². The Morgan fingerprint density at radius 2 is 1.87 bits per heavy atom. The molecule has 0 aliphatic carbocycles. The SMILES string of the molecule is C=CC(=O)OCC(OC(=O)C=C)C(C)O. The molecule has 0 spiro atoms. The summed E-state index contributed by atoms with van der Waals surface area (Å²) in [6.45, 7) is 7.60. The predicted molar refractivity (Wildman–Crippen MR) is 52.9 cm³/mol. The molecule has 0 radical (unpaired) electrons. The Bertz CT molecular complexity index is 257. The Kier molecular flexibility index (Phi) is 6.05. The second kappa shape index (κ2) is 6.78. The van der Waals surface area contributed by atoms with Crippen LogP contribution in [-0.2, 0) is 19.1 Å². The molecular weight excluding hydrogens is 200 g/mol. The van der Waals surface area contributed by atoms with Crippen LogP contribution < -0.4 is 0 Å². The molecule has 0 saturated heterocycles. The summed E-state index contributed by atoms with van der Waals surface area (Å²) in [6.07, 6.45) is 0.102. The van der Waals surface area contributed by atoms with Crippen LogP contribution in [-0.4, -0.2) is 35.9 Å². The van der Waals surface area contributed by atoms with Gasteiger partial charge in [0.05, 0.1) is 6.10 Å². The van der Waals surface area contributed by atoms with Crippen molar-refractivity contribution < 1.29 is 24.2 Å². The summed E-state index contributed by atoms with van der Waals surface area (Å²) in [4.78, 5) is 21.5. The summed E-state index contributed by atoms with van der Waals surface area (Å²) in [7, 11) is 0. The highest BCUT2D eigenvalue weighted by atomic mass is 16.6. The van der Waals surface area contributed by atoms with Gasteiger partial charge in [0.1, 0.15) is 6.61 Å². The van der Waals surface area contributed by atoms with Gasteiger partial charge in [-0.15, -0.1) is 0 Å². The van der Waals surface area contributed by atoms with Crippen molar-refractivity contribution in [2.75, 3.05) is 6.61 Å². The Morgan fingerprint density at radius 3 is 2.27 bits per heavy atom. The molecule has 15 heavy (non-hydrogen) atoms. The number of esters is 2. The molecule has 0 aliphatic rings. The van der Waals surface area contributed by atoms with Gasteiger partial charge in [0.2, 0.25) is 0 Å². The molecule has 1 N–H and O–H groups in total. The number of rotatable bonds is 6. The van der Waals surface area contributed by atoms with E-state index in [1.165, 1.54) is 6.92 Å². The maximum absolute atomic E-state index is 10.8. The minimum absolute atomic E-state index is 0.220. The van der Waals surface area contributed by atoms with Gasteiger partial charge in [-0.05, 0) is 6.92 Å². The summed E-state index contributed by atoms with van der Waals surface area (Å²) in [6, 6.07) is 0. The van der Waals surface area contributed by atoms with Crippen LogP contribution in [0.4, 0.5) is 0 Å². The van der Waals surface area contributed by atoms with E-state index in [0.717, 1.165) is 12.2 Å². The van der Waals surface area contributed by atoms with E-state index in [1.54, 1.807) is 0 Å². The number of carbonyl (C=O) groups excluding carboxylic acids is 2. The lowest BCUT2D eigenvalue weighted by Crippen LogP contribution is -2.33. The van der Waals surface area contributed by atoms with Crippen LogP contribution in [0.5, 0.6) is 0 Å². The van der Waals surface area contributed by atoms with Gasteiger partial charge in [-0.2, -0.15) is 0 Å². The van der Waals surface area contributed by atoms with Crippen molar-refractivity contribution >= 4 is 11.9 Å². The number of ether oxygens (including phenoxy) is 2. The van der Waals surface area contributed by atoms with Crippen LogP contribution in [0.25, 0.3) is 0 Å². The molecule has 0 rings (SSSR count). The predicted octanol–water partition coefficient (Wildman–Crippen LogP) is 0.194. The van der Waals surface area contributed by atoms with Crippen molar-refractivity contribution in [1.82, 2.24) is 0 Å². The minimum Gasteiger partial charge on any atom is -0.458 e. The van der Waals surface area contributed by atoms with Gasteiger partial charge in [-0.3, -0.25) is 0 Å². The number of aliphatic hydroxyl groups is 1. The number of hydrogen-bond donors (Lipinski definition) is 1. The second-order valence-corrected chi connectivity index (χ2v) is 2.75. The molecule has 84 valence electrons. The third kappa shape index (κ3) is 5.64. The van der Waals surface area contributed by atoms with Gasteiger partial charge in [-0.25, -0.2) is 9.59 Å². The average Bonchev–Trinajstić information content (AvgIpc) is 2.22. The highest BCUT2D eigenvalue weighted by molar-refractivity contribution is 5.82. The zero-order valence-electron chi connectivity index (χ0n) is 8.51. The van der Waals surface area contributed by atoms with Crippen LogP contribution in [0.15, 0.2) is 25.3 Å². The van der Waals surface area contributed by atoms with E-state index in [0.29, 0.717) is 0 Å². The Labute approximate surface area is 88.0 Å². The van der Waals surface area contributed by atoms with Gasteiger partial charge in [0.15, 0.2) is 6.10 Å². The molecule has 0 heterocycles. The maximum Gasteiger partial charge on any atom is 0.330 e. The normalized spacial score (nSPS) is 13.5. The van der Waals surface area contributed by atoms with E-state index >= 15 is 0 Å². The molecule has 5 nitrogen and oxygen atoms in total. The van der Waals surface area contributed by atoms with Crippen molar-refractivity contribution in [3.8, 4) is 0 Å². The van der Waals surface area contributed by atoms with Gasteiger partial charge in [-0.1, -0.05) is 13.2 Å². The minimum atomic E-state index is -0.938. The zero-order chi connectivity index (χ0) is 11.8. The molecule has 0 fully saturated rings. The van der Waals surface area contributed by atoms with Crippen molar-refractivity contribution in [2.45, 2.75) is 19.1 Å². The van der Waals surface area contributed by atoms with Gasteiger partial charge in [0.25, 0.3) is 0 Å². The fourth-order valence-electron chi connectivity index (χ4n) is 0.692. The smallest absolute Gasteiger partial charge is 0.330 e. The lowest BCUT2D eigenvalue weighted by molar-refractivity contribution is -0.158. The fourth-order valence-corrected chi connectivity index (χ4v) is 0.692. The summed E-state index contributed by atoms with van der Waals surface area (Å²) >= 11 is 0. The van der Waals surface area contributed by atoms with Gasteiger partial charge in [0, 0.05) is 12.2 Å². The number of carbonyl (C=O) groups is 2. The first-order valence-electron chi connectivity index (χ1n) is 4.31. The summed E-state index contributed by atoms with van der Waals surface area (Å²) in [5.74, 6) is -1.33. The van der Waals surface area contributed by atoms with E-state index in [2.05, 4.69) is 17.9 Å². The highest BCUT2D eigenvalue weighted by Gasteiger charge is 2.20. The monoisotopic (exact) mass is 214 g/mol. The molecule has 0 amide bonds. The Balaban J connectivity index is 4.16. The Morgan fingerprint density at radius 1 is 1.33 bits per heavy atom. The number of hydrogen-bond acceptors (Lipinski definition) is 5. The fraction of sp³-hybridized carbons (Fsp3) is 0.400. The first-order valence-corrected chi connectivity index (χ1v) is 4.31. The molecule has 5 heteroatoms. The molecule has 0 aliphatic heterocycles. The topological polar surface area (TPSA) is 72.8 Å². The number of aliphatic hydroxyl groups excluding tert-OH is 1. The maximum atomic E-state index is 10.8. The molecule has 0 bridgehead atoms. The van der Waals surface area contributed by atoms with E-state index in [4.69, 9.17) is 4.74 Å². The van der Waals surface area contributed by atoms with Gasteiger partial charge >= 0.3 is 11.9 Å². The molecule has 2 unspecified atom stereocenters. The van der Waals surface area contributed by atoms with Crippen molar-refractivity contribution in [1.29, 1.82) is 0 Å². The third-order valence-corrected chi connectivity index (χ3v) is 1.53. The average molecular weight is 214 g/mol. The van der Waals surface area contributed by atoms with Crippen molar-refractivity contribution in [3.05, 3.63) is 25.3 Å².